The van der Waals surface area contributed by atoms with E-state index in [4.69, 9.17) is 0 Å². The van der Waals surface area contributed by atoms with Crippen molar-refractivity contribution in [1.29, 1.82) is 0 Å². The van der Waals surface area contributed by atoms with Crippen molar-refractivity contribution >= 4 is 27.9 Å². The summed E-state index contributed by atoms with van der Waals surface area (Å²) in [4.78, 5) is 4.56. The fourth-order valence-electron chi connectivity index (χ4n) is 2.01. The summed E-state index contributed by atoms with van der Waals surface area (Å²) in [5.41, 5.74) is 3.97. The van der Waals surface area contributed by atoms with E-state index in [2.05, 4.69) is 34.3 Å². The fraction of sp³-hybridized carbons (Fsp3) is 0.0556. The third kappa shape index (κ3) is 3.74. The lowest BCUT2D eigenvalue weighted by Gasteiger charge is -2.07. The van der Waals surface area contributed by atoms with Gasteiger partial charge in [-0.2, -0.15) is 0 Å². The van der Waals surface area contributed by atoms with Gasteiger partial charge in [0, 0.05) is 17.6 Å². The van der Waals surface area contributed by atoms with E-state index < -0.39 is 0 Å². The molecule has 0 atom stereocenters. The molecule has 0 bridgehead atoms. The summed E-state index contributed by atoms with van der Waals surface area (Å²) in [5, 5.41) is 9.48. The highest BCUT2D eigenvalue weighted by molar-refractivity contribution is 7.13. The second-order valence-electron chi connectivity index (χ2n) is 4.85. The molecule has 3 aromatic rings. The van der Waals surface area contributed by atoms with Gasteiger partial charge in [0.2, 0.25) is 0 Å². The molecule has 3 rings (SSSR count). The second kappa shape index (κ2) is 6.91. The maximum atomic E-state index is 4.56. The van der Waals surface area contributed by atoms with Crippen LogP contribution in [0.1, 0.15) is 11.3 Å². The van der Waals surface area contributed by atoms with Gasteiger partial charge in [0.1, 0.15) is 0 Å². The molecule has 0 unspecified atom stereocenters. The van der Waals surface area contributed by atoms with Gasteiger partial charge in [-0.05, 0) is 17.7 Å². The molecule has 0 amide bonds. The molecule has 0 aliphatic carbocycles. The zero-order valence-corrected chi connectivity index (χ0v) is 12.9. The number of hydrogen-bond acceptors (Lipinski definition) is 4. The number of hydrogen-bond donors (Lipinski definition) is 2. The van der Waals surface area contributed by atoms with Gasteiger partial charge in [-0.3, -0.25) is 0 Å². The lowest BCUT2D eigenvalue weighted by molar-refractivity contribution is 0.887. The van der Waals surface area contributed by atoms with Gasteiger partial charge in [0.05, 0.1) is 11.4 Å². The third-order valence-electron chi connectivity index (χ3n) is 3.19. The number of nitrogens with zero attached hydrogens (tertiary/aromatic N) is 1. The van der Waals surface area contributed by atoms with Gasteiger partial charge in [-0.15, -0.1) is 11.3 Å². The summed E-state index contributed by atoms with van der Waals surface area (Å²) in [5.74, 6) is 0. The molecular formula is C18H17N3S. The van der Waals surface area contributed by atoms with Crippen molar-refractivity contribution in [2.45, 2.75) is 6.54 Å². The molecule has 0 saturated carbocycles. The minimum Gasteiger partial charge on any atom is -0.380 e. The second-order valence-corrected chi connectivity index (χ2v) is 5.70. The van der Waals surface area contributed by atoms with Crippen molar-refractivity contribution in [2.24, 2.45) is 0 Å². The van der Waals surface area contributed by atoms with E-state index in [1.165, 1.54) is 5.56 Å². The zero-order chi connectivity index (χ0) is 15.2. The van der Waals surface area contributed by atoms with Crippen LogP contribution in [0.4, 0.5) is 10.8 Å². The molecule has 1 aromatic heterocycles. The summed E-state index contributed by atoms with van der Waals surface area (Å²) in [7, 11) is 0. The van der Waals surface area contributed by atoms with E-state index in [-0.39, 0.29) is 0 Å². The number of para-hydroxylation sites is 1. The Morgan fingerprint density at radius 2 is 1.68 bits per heavy atom. The third-order valence-corrected chi connectivity index (χ3v) is 3.94. The summed E-state index contributed by atoms with van der Waals surface area (Å²) >= 11 is 1.57. The predicted molar refractivity (Wildman–Crippen MR) is 94.2 cm³/mol. The molecule has 4 heteroatoms. The molecule has 0 aliphatic rings. The summed E-state index contributed by atoms with van der Waals surface area (Å²) in [6.45, 7) is 4.81. The van der Waals surface area contributed by atoms with Crippen LogP contribution in [0.5, 0.6) is 0 Å². The smallest absolute Gasteiger partial charge is 0.187 e. The van der Waals surface area contributed by atoms with Gasteiger partial charge in [0.15, 0.2) is 5.13 Å². The minimum atomic E-state index is 0.749. The van der Waals surface area contributed by atoms with Crippen molar-refractivity contribution in [1.82, 2.24) is 10.3 Å². The van der Waals surface area contributed by atoms with Crippen LogP contribution < -0.4 is 10.6 Å². The molecule has 0 radical (unpaired) electrons. The Bertz CT molecular complexity index is 735. The van der Waals surface area contributed by atoms with Crippen molar-refractivity contribution in [2.75, 3.05) is 5.32 Å². The van der Waals surface area contributed by atoms with E-state index in [0.717, 1.165) is 28.8 Å². The van der Waals surface area contributed by atoms with Crippen LogP contribution in [-0.2, 0) is 6.54 Å². The van der Waals surface area contributed by atoms with E-state index >= 15 is 0 Å². The maximum Gasteiger partial charge on any atom is 0.187 e. The number of aromatic nitrogens is 1. The largest absolute Gasteiger partial charge is 0.380 e. The van der Waals surface area contributed by atoms with Crippen molar-refractivity contribution in [3.63, 3.8) is 0 Å². The normalized spacial score (nSPS) is 10.2. The van der Waals surface area contributed by atoms with Crippen molar-refractivity contribution in [3.05, 3.63) is 83.9 Å². The van der Waals surface area contributed by atoms with Gasteiger partial charge in [-0.25, -0.2) is 4.98 Å². The first-order chi connectivity index (χ1) is 10.8. The molecule has 3 nitrogen and oxygen atoms in total. The molecule has 2 aromatic carbocycles. The molecule has 2 N–H and O–H groups in total. The van der Waals surface area contributed by atoms with Crippen molar-refractivity contribution < 1.29 is 0 Å². The van der Waals surface area contributed by atoms with E-state index in [1.54, 1.807) is 11.3 Å². The number of rotatable bonds is 6. The van der Waals surface area contributed by atoms with E-state index in [1.807, 2.05) is 53.9 Å². The number of benzene rings is 2. The fourth-order valence-corrected chi connectivity index (χ4v) is 2.76. The summed E-state index contributed by atoms with van der Waals surface area (Å²) in [6.07, 6.45) is 0. The first-order valence-corrected chi connectivity index (χ1v) is 7.94. The molecule has 0 aliphatic heterocycles. The lowest BCUT2D eigenvalue weighted by atomic mass is 10.2. The molecule has 0 spiro atoms. The van der Waals surface area contributed by atoms with Crippen LogP contribution in [0.3, 0.4) is 0 Å². The maximum absolute atomic E-state index is 4.56. The van der Waals surface area contributed by atoms with Gasteiger partial charge in [-0.1, -0.05) is 55.1 Å². The first kappa shape index (κ1) is 14.4. The Labute approximate surface area is 134 Å². The average Bonchev–Trinajstić information content (AvgIpc) is 3.03. The SMILES string of the molecule is C=C(NCc1ccccc1)c1csc(Nc2ccccc2)n1. The van der Waals surface area contributed by atoms with Crippen LogP contribution in [0.2, 0.25) is 0 Å². The summed E-state index contributed by atoms with van der Waals surface area (Å²) < 4.78 is 0. The summed E-state index contributed by atoms with van der Waals surface area (Å²) in [6, 6.07) is 20.3. The molecule has 1 heterocycles. The van der Waals surface area contributed by atoms with Crippen LogP contribution in [0.25, 0.3) is 5.70 Å². The number of anilines is 2. The molecule has 110 valence electrons. The molecule has 0 saturated heterocycles. The highest BCUT2D eigenvalue weighted by Crippen LogP contribution is 2.23. The van der Waals surface area contributed by atoms with Gasteiger partial charge in [0.25, 0.3) is 0 Å². The minimum absolute atomic E-state index is 0.749. The highest BCUT2D eigenvalue weighted by Gasteiger charge is 2.05. The monoisotopic (exact) mass is 307 g/mol. The Balaban J connectivity index is 1.60. The van der Waals surface area contributed by atoms with Crippen LogP contribution in [-0.4, -0.2) is 4.98 Å². The predicted octanol–water partition coefficient (Wildman–Crippen LogP) is 4.65. The Morgan fingerprint density at radius 1 is 1.00 bits per heavy atom. The van der Waals surface area contributed by atoms with E-state index in [0.29, 0.717) is 0 Å². The topological polar surface area (TPSA) is 37.0 Å². The number of nitrogens with one attached hydrogen (secondary N) is 2. The zero-order valence-electron chi connectivity index (χ0n) is 12.1. The van der Waals surface area contributed by atoms with Crippen LogP contribution in [0, 0.1) is 0 Å². The molecule has 0 fully saturated rings. The lowest BCUT2D eigenvalue weighted by Crippen LogP contribution is -2.11. The Kier molecular flexibility index (Phi) is 4.51. The molecule has 22 heavy (non-hydrogen) atoms. The Hall–Kier alpha value is -2.59. The standard InChI is InChI=1S/C18H17N3S/c1-14(19-12-15-8-4-2-5-9-15)17-13-22-18(21-17)20-16-10-6-3-7-11-16/h2-11,13,19H,1,12H2,(H,20,21). The highest BCUT2D eigenvalue weighted by atomic mass is 32.1. The van der Waals surface area contributed by atoms with Crippen molar-refractivity contribution in [3.8, 4) is 0 Å². The molecular weight excluding hydrogens is 290 g/mol. The van der Waals surface area contributed by atoms with Crippen LogP contribution in [0.15, 0.2) is 72.6 Å². The van der Waals surface area contributed by atoms with E-state index in [9.17, 15) is 0 Å². The average molecular weight is 307 g/mol. The Morgan fingerprint density at radius 3 is 2.41 bits per heavy atom. The quantitative estimate of drug-likeness (QED) is 0.696. The number of thiazole rings is 1. The first-order valence-electron chi connectivity index (χ1n) is 7.06. The van der Waals surface area contributed by atoms with Crippen LogP contribution >= 0.6 is 11.3 Å². The van der Waals surface area contributed by atoms with Gasteiger partial charge >= 0.3 is 0 Å². The van der Waals surface area contributed by atoms with Gasteiger partial charge < -0.3 is 10.6 Å².